The van der Waals surface area contributed by atoms with Crippen molar-refractivity contribution in [3.63, 3.8) is 0 Å². The highest BCUT2D eigenvalue weighted by Gasteiger charge is 2.39. The minimum absolute atomic E-state index is 0.177. The summed E-state index contributed by atoms with van der Waals surface area (Å²) in [5.41, 5.74) is -1.68. The topological polar surface area (TPSA) is 83.8 Å². The highest BCUT2D eigenvalue weighted by atomic mass is 16.5. The quantitative estimate of drug-likeness (QED) is 0.568. The van der Waals surface area contributed by atoms with Gasteiger partial charge in [0.05, 0.1) is 19.6 Å². The summed E-state index contributed by atoms with van der Waals surface area (Å²) in [6.07, 6.45) is 0.522. The Morgan fingerprint density at radius 1 is 1.79 bits per heavy atom. The zero-order valence-corrected chi connectivity index (χ0v) is 7.77. The van der Waals surface area contributed by atoms with Crippen LogP contribution in [-0.4, -0.2) is 40.8 Å². The summed E-state index contributed by atoms with van der Waals surface area (Å²) in [6, 6.07) is 0. The van der Waals surface area contributed by atoms with Crippen molar-refractivity contribution in [3.05, 3.63) is 12.2 Å². The number of rotatable bonds is 2. The standard InChI is InChI=1S/C9H12O5/c1-14-8(12)5-9(13)3-2-6(10)4-7(9)11/h2-3,7,11,13H,4-5H2,1H3. The Labute approximate surface area is 81.0 Å². The van der Waals surface area contributed by atoms with E-state index in [4.69, 9.17) is 0 Å². The third-order valence-electron chi connectivity index (χ3n) is 2.18. The molecular formula is C9H12O5. The van der Waals surface area contributed by atoms with Gasteiger partial charge in [-0.15, -0.1) is 0 Å². The number of hydrogen-bond donors (Lipinski definition) is 2. The summed E-state index contributed by atoms with van der Waals surface area (Å²) < 4.78 is 4.36. The van der Waals surface area contributed by atoms with E-state index in [1.165, 1.54) is 7.11 Å². The van der Waals surface area contributed by atoms with Crippen molar-refractivity contribution in [1.82, 2.24) is 0 Å². The maximum atomic E-state index is 10.9. The van der Waals surface area contributed by atoms with E-state index in [0.717, 1.165) is 12.2 Å². The van der Waals surface area contributed by atoms with Gasteiger partial charge >= 0.3 is 5.97 Å². The zero-order chi connectivity index (χ0) is 10.8. The lowest BCUT2D eigenvalue weighted by Gasteiger charge is -2.30. The molecule has 0 aromatic rings. The van der Waals surface area contributed by atoms with Gasteiger partial charge in [0, 0.05) is 6.42 Å². The summed E-state index contributed by atoms with van der Waals surface area (Å²) in [7, 11) is 1.19. The number of hydrogen-bond acceptors (Lipinski definition) is 5. The lowest BCUT2D eigenvalue weighted by molar-refractivity contribution is -0.150. The van der Waals surface area contributed by atoms with Gasteiger partial charge in [-0.2, -0.15) is 0 Å². The van der Waals surface area contributed by atoms with Crippen molar-refractivity contribution in [3.8, 4) is 0 Å². The molecule has 2 atom stereocenters. The van der Waals surface area contributed by atoms with Crippen molar-refractivity contribution in [2.24, 2.45) is 0 Å². The molecular weight excluding hydrogens is 188 g/mol. The minimum atomic E-state index is -1.68. The second kappa shape index (κ2) is 3.89. The molecule has 0 fully saturated rings. The molecule has 1 aliphatic rings. The smallest absolute Gasteiger partial charge is 0.308 e. The van der Waals surface area contributed by atoms with Crippen LogP contribution in [-0.2, 0) is 14.3 Å². The van der Waals surface area contributed by atoms with E-state index in [2.05, 4.69) is 4.74 Å². The molecule has 14 heavy (non-hydrogen) atoms. The fourth-order valence-corrected chi connectivity index (χ4v) is 1.26. The second-order valence-corrected chi connectivity index (χ2v) is 3.26. The monoisotopic (exact) mass is 200 g/mol. The molecule has 0 saturated heterocycles. The molecule has 0 radical (unpaired) electrons. The van der Waals surface area contributed by atoms with Crippen LogP contribution in [0.5, 0.6) is 0 Å². The molecule has 0 heterocycles. The average molecular weight is 200 g/mol. The zero-order valence-electron chi connectivity index (χ0n) is 7.77. The van der Waals surface area contributed by atoms with Crippen molar-refractivity contribution in [2.45, 2.75) is 24.5 Å². The number of ketones is 1. The van der Waals surface area contributed by atoms with Crippen LogP contribution in [0.3, 0.4) is 0 Å². The Kier molecular flexibility index (Phi) is 3.03. The number of methoxy groups -OCH3 is 1. The van der Waals surface area contributed by atoms with Crippen molar-refractivity contribution in [1.29, 1.82) is 0 Å². The first-order valence-electron chi connectivity index (χ1n) is 4.17. The summed E-state index contributed by atoms with van der Waals surface area (Å²) in [4.78, 5) is 21.7. The Bertz CT molecular complexity index is 283. The first-order chi connectivity index (χ1) is 6.48. The number of carbonyl (C=O) groups excluding carboxylic acids is 2. The van der Waals surface area contributed by atoms with Gasteiger partial charge in [-0.25, -0.2) is 0 Å². The van der Waals surface area contributed by atoms with E-state index in [9.17, 15) is 19.8 Å². The highest BCUT2D eigenvalue weighted by Crippen LogP contribution is 2.24. The van der Waals surface area contributed by atoms with E-state index in [1.807, 2.05) is 0 Å². The van der Waals surface area contributed by atoms with Crippen LogP contribution in [0.4, 0.5) is 0 Å². The molecule has 0 spiro atoms. The second-order valence-electron chi connectivity index (χ2n) is 3.26. The van der Waals surface area contributed by atoms with Crippen molar-refractivity contribution in [2.75, 3.05) is 7.11 Å². The van der Waals surface area contributed by atoms with Crippen LogP contribution in [0.1, 0.15) is 12.8 Å². The van der Waals surface area contributed by atoms with Crippen molar-refractivity contribution >= 4 is 11.8 Å². The first-order valence-corrected chi connectivity index (χ1v) is 4.17. The number of aliphatic hydroxyl groups excluding tert-OH is 1. The molecule has 5 nitrogen and oxygen atoms in total. The first kappa shape index (κ1) is 10.9. The van der Waals surface area contributed by atoms with Crippen LogP contribution in [0.15, 0.2) is 12.2 Å². The average Bonchev–Trinajstić information content (AvgIpc) is 2.12. The fraction of sp³-hybridized carbons (Fsp3) is 0.556. The van der Waals surface area contributed by atoms with Gasteiger partial charge in [0.2, 0.25) is 0 Å². The summed E-state index contributed by atoms with van der Waals surface area (Å²) in [6.45, 7) is 0. The van der Waals surface area contributed by atoms with Gasteiger partial charge < -0.3 is 14.9 Å². The molecule has 78 valence electrons. The van der Waals surface area contributed by atoms with Gasteiger partial charge in [0.25, 0.3) is 0 Å². The lowest BCUT2D eigenvalue weighted by Crippen LogP contribution is -2.45. The Hall–Kier alpha value is -1.20. The molecule has 2 unspecified atom stereocenters. The predicted octanol–water partition coefficient (Wildman–Crippen LogP) is -0.830. The molecule has 1 aliphatic carbocycles. The predicted molar refractivity (Wildman–Crippen MR) is 46.4 cm³/mol. The fourth-order valence-electron chi connectivity index (χ4n) is 1.26. The van der Waals surface area contributed by atoms with E-state index >= 15 is 0 Å². The molecule has 0 bridgehead atoms. The Morgan fingerprint density at radius 2 is 2.43 bits per heavy atom. The third kappa shape index (κ3) is 2.18. The minimum Gasteiger partial charge on any atom is -0.469 e. The van der Waals surface area contributed by atoms with Crippen LogP contribution in [0, 0.1) is 0 Å². The van der Waals surface area contributed by atoms with E-state index < -0.39 is 17.7 Å². The van der Waals surface area contributed by atoms with Gasteiger partial charge in [-0.3, -0.25) is 9.59 Å². The van der Waals surface area contributed by atoms with Gasteiger partial charge in [-0.05, 0) is 12.2 Å². The Morgan fingerprint density at radius 3 is 2.93 bits per heavy atom. The summed E-state index contributed by atoms with van der Waals surface area (Å²) >= 11 is 0. The van der Waals surface area contributed by atoms with Crippen LogP contribution >= 0.6 is 0 Å². The number of allylic oxidation sites excluding steroid dienone is 1. The van der Waals surface area contributed by atoms with Crippen LogP contribution < -0.4 is 0 Å². The molecule has 0 aliphatic heterocycles. The maximum Gasteiger partial charge on any atom is 0.308 e. The molecule has 0 saturated carbocycles. The molecule has 2 N–H and O–H groups in total. The Balaban J connectivity index is 2.77. The van der Waals surface area contributed by atoms with E-state index in [0.29, 0.717) is 0 Å². The summed E-state index contributed by atoms with van der Waals surface area (Å²) in [5.74, 6) is -0.905. The van der Waals surface area contributed by atoms with Crippen LogP contribution in [0.2, 0.25) is 0 Å². The summed E-state index contributed by atoms with van der Waals surface area (Å²) in [5, 5.41) is 19.2. The number of aliphatic hydroxyl groups is 2. The molecule has 0 amide bonds. The van der Waals surface area contributed by atoms with E-state index in [1.54, 1.807) is 0 Å². The maximum absolute atomic E-state index is 10.9. The highest BCUT2D eigenvalue weighted by molar-refractivity contribution is 5.91. The van der Waals surface area contributed by atoms with Gasteiger partial charge in [0.1, 0.15) is 5.60 Å². The molecule has 0 aromatic heterocycles. The number of ether oxygens (including phenoxy) is 1. The number of esters is 1. The van der Waals surface area contributed by atoms with Gasteiger partial charge in [-0.1, -0.05) is 0 Å². The lowest BCUT2D eigenvalue weighted by atomic mass is 9.85. The SMILES string of the molecule is COC(=O)CC1(O)C=CC(=O)CC1O. The van der Waals surface area contributed by atoms with E-state index in [-0.39, 0.29) is 18.6 Å². The van der Waals surface area contributed by atoms with Crippen LogP contribution in [0.25, 0.3) is 0 Å². The largest absolute Gasteiger partial charge is 0.469 e. The molecule has 0 aromatic carbocycles. The molecule has 5 heteroatoms. The van der Waals surface area contributed by atoms with Gasteiger partial charge in [0.15, 0.2) is 5.78 Å². The molecule has 1 rings (SSSR count). The van der Waals surface area contributed by atoms with Crippen molar-refractivity contribution < 1.29 is 24.5 Å². The normalized spacial score (nSPS) is 31.6. The third-order valence-corrected chi connectivity index (χ3v) is 2.18. The number of carbonyl (C=O) groups is 2.